The molecule has 3 N–H and O–H groups in total. The Labute approximate surface area is 111 Å². The largest absolute Gasteiger partial charge is 0.488 e. The van der Waals surface area contributed by atoms with Crippen LogP contribution in [0, 0.1) is 0 Å². The van der Waals surface area contributed by atoms with Crippen molar-refractivity contribution in [2.75, 3.05) is 13.2 Å². The molecule has 0 fully saturated rings. The van der Waals surface area contributed by atoms with Crippen molar-refractivity contribution in [2.24, 2.45) is 5.73 Å². The van der Waals surface area contributed by atoms with E-state index < -0.39 is 12.0 Å². The van der Waals surface area contributed by atoms with Crippen molar-refractivity contribution in [2.45, 2.75) is 19.8 Å². The topological polar surface area (TPSA) is 104 Å². The van der Waals surface area contributed by atoms with E-state index in [2.05, 4.69) is 4.98 Å². The SMILES string of the molecule is CCCCOc1cccnc1OC(=O)NC(=O)CN. The van der Waals surface area contributed by atoms with Crippen LogP contribution in [-0.2, 0) is 4.79 Å². The predicted molar refractivity (Wildman–Crippen MR) is 67.9 cm³/mol. The first-order chi connectivity index (χ1) is 9.17. The summed E-state index contributed by atoms with van der Waals surface area (Å²) in [5.74, 6) is -0.262. The van der Waals surface area contributed by atoms with Gasteiger partial charge in [-0.05, 0) is 18.6 Å². The number of hydrogen-bond donors (Lipinski definition) is 2. The summed E-state index contributed by atoms with van der Waals surface area (Å²) in [6.07, 6.45) is 2.39. The molecule has 1 aromatic heterocycles. The van der Waals surface area contributed by atoms with Crippen LogP contribution in [0.2, 0.25) is 0 Å². The van der Waals surface area contributed by atoms with Crippen LogP contribution in [0.25, 0.3) is 0 Å². The van der Waals surface area contributed by atoms with E-state index in [1.807, 2.05) is 12.2 Å². The number of unbranched alkanes of at least 4 members (excludes halogenated alkanes) is 1. The van der Waals surface area contributed by atoms with Crippen LogP contribution in [0.5, 0.6) is 11.6 Å². The fourth-order valence-corrected chi connectivity index (χ4v) is 1.17. The first-order valence-corrected chi connectivity index (χ1v) is 5.97. The average Bonchev–Trinajstić information content (AvgIpc) is 2.40. The van der Waals surface area contributed by atoms with Gasteiger partial charge in [0.1, 0.15) is 0 Å². The molecule has 0 unspecified atom stereocenters. The molecule has 0 radical (unpaired) electrons. The third kappa shape index (κ3) is 5.35. The summed E-state index contributed by atoms with van der Waals surface area (Å²) in [7, 11) is 0. The zero-order chi connectivity index (χ0) is 14.1. The standard InChI is InChI=1S/C12H17N3O4/c1-2-3-7-18-9-5-4-6-14-11(9)19-12(17)15-10(16)8-13/h4-6H,2-3,7-8,13H2,1H3,(H,15,16,17). The number of nitrogens with zero attached hydrogens (tertiary/aromatic N) is 1. The minimum absolute atomic E-state index is 0.0147. The highest BCUT2D eigenvalue weighted by Crippen LogP contribution is 2.23. The van der Waals surface area contributed by atoms with E-state index in [4.69, 9.17) is 15.2 Å². The molecule has 2 amide bonds. The number of carbonyl (C=O) groups is 2. The van der Waals surface area contributed by atoms with Crippen molar-refractivity contribution in [1.29, 1.82) is 0 Å². The summed E-state index contributed by atoms with van der Waals surface area (Å²) in [6, 6.07) is 3.30. The zero-order valence-electron chi connectivity index (χ0n) is 10.7. The van der Waals surface area contributed by atoms with Gasteiger partial charge in [-0.25, -0.2) is 9.78 Å². The molecule has 0 atom stereocenters. The molecule has 7 heteroatoms. The van der Waals surface area contributed by atoms with E-state index in [1.54, 1.807) is 12.1 Å². The molecule has 0 saturated heterocycles. The van der Waals surface area contributed by atoms with E-state index in [1.165, 1.54) is 6.20 Å². The first kappa shape index (κ1) is 14.9. The smallest absolute Gasteiger partial charge is 0.420 e. The van der Waals surface area contributed by atoms with Crippen LogP contribution in [-0.4, -0.2) is 30.1 Å². The van der Waals surface area contributed by atoms with Gasteiger partial charge in [-0.15, -0.1) is 0 Å². The second kappa shape index (κ2) is 8.04. The Kier molecular flexibility index (Phi) is 6.31. The third-order valence-electron chi connectivity index (χ3n) is 2.11. The quantitative estimate of drug-likeness (QED) is 0.740. The summed E-state index contributed by atoms with van der Waals surface area (Å²) < 4.78 is 10.3. The number of nitrogens with two attached hydrogens (primary N) is 1. The molecule has 1 heterocycles. The van der Waals surface area contributed by atoms with Gasteiger partial charge >= 0.3 is 6.09 Å². The van der Waals surface area contributed by atoms with Gasteiger partial charge in [0.25, 0.3) is 5.88 Å². The number of nitrogens with one attached hydrogen (secondary N) is 1. The molecule has 0 spiro atoms. The molecular weight excluding hydrogens is 250 g/mol. The van der Waals surface area contributed by atoms with Crippen LogP contribution in [0.15, 0.2) is 18.3 Å². The highest BCUT2D eigenvalue weighted by molar-refractivity contribution is 5.93. The summed E-state index contributed by atoms with van der Waals surface area (Å²) >= 11 is 0. The van der Waals surface area contributed by atoms with Gasteiger partial charge in [0.2, 0.25) is 5.91 Å². The maximum atomic E-state index is 11.4. The predicted octanol–water partition coefficient (Wildman–Crippen LogP) is 0.834. The number of carbonyl (C=O) groups excluding carboxylic acids is 2. The molecule has 1 rings (SSSR count). The average molecular weight is 267 g/mol. The molecule has 104 valence electrons. The number of hydrogen-bond acceptors (Lipinski definition) is 6. The Hall–Kier alpha value is -2.15. The Bertz CT molecular complexity index is 437. The Morgan fingerprint density at radius 1 is 1.47 bits per heavy atom. The second-order valence-corrected chi connectivity index (χ2v) is 3.65. The van der Waals surface area contributed by atoms with Crippen LogP contribution in [0.1, 0.15) is 19.8 Å². The van der Waals surface area contributed by atoms with Crippen molar-refractivity contribution in [3.05, 3.63) is 18.3 Å². The highest BCUT2D eigenvalue weighted by Gasteiger charge is 2.13. The van der Waals surface area contributed by atoms with E-state index in [-0.39, 0.29) is 12.4 Å². The van der Waals surface area contributed by atoms with Crippen LogP contribution in [0.4, 0.5) is 4.79 Å². The molecule has 19 heavy (non-hydrogen) atoms. The number of rotatable bonds is 6. The van der Waals surface area contributed by atoms with E-state index >= 15 is 0 Å². The Balaban J connectivity index is 2.61. The van der Waals surface area contributed by atoms with Gasteiger partial charge < -0.3 is 15.2 Å². The van der Waals surface area contributed by atoms with Crippen molar-refractivity contribution in [3.63, 3.8) is 0 Å². The number of pyridine rings is 1. The molecular formula is C12H17N3O4. The van der Waals surface area contributed by atoms with Gasteiger partial charge in [0.05, 0.1) is 13.2 Å². The van der Waals surface area contributed by atoms with Crippen LogP contribution >= 0.6 is 0 Å². The van der Waals surface area contributed by atoms with Crippen molar-refractivity contribution in [1.82, 2.24) is 10.3 Å². The number of imide groups is 1. The minimum Gasteiger partial charge on any atom is -0.488 e. The Morgan fingerprint density at radius 2 is 2.26 bits per heavy atom. The lowest BCUT2D eigenvalue weighted by Crippen LogP contribution is -2.37. The van der Waals surface area contributed by atoms with Gasteiger partial charge in [-0.3, -0.25) is 10.1 Å². The van der Waals surface area contributed by atoms with Gasteiger partial charge in [0, 0.05) is 6.20 Å². The first-order valence-electron chi connectivity index (χ1n) is 5.97. The highest BCUT2D eigenvalue weighted by atomic mass is 16.6. The number of aromatic nitrogens is 1. The maximum absolute atomic E-state index is 11.4. The minimum atomic E-state index is -0.936. The van der Waals surface area contributed by atoms with Gasteiger partial charge in [-0.2, -0.15) is 0 Å². The Morgan fingerprint density at radius 3 is 2.95 bits per heavy atom. The van der Waals surface area contributed by atoms with Gasteiger partial charge in [-0.1, -0.05) is 13.3 Å². The van der Waals surface area contributed by atoms with Gasteiger partial charge in [0.15, 0.2) is 5.75 Å². The molecule has 0 aliphatic rings. The molecule has 1 aromatic rings. The normalized spacial score (nSPS) is 9.79. The number of amides is 2. The molecule has 0 saturated carbocycles. The van der Waals surface area contributed by atoms with Crippen LogP contribution < -0.4 is 20.5 Å². The fourth-order valence-electron chi connectivity index (χ4n) is 1.17. The van der Waals surface area contributed by atoms with Crippen LogP contribution in [0.3, 0.4) is 0 Å². The summed E-state index contributed by atoms with van der Waals surface area (Å²) in [4.78, 5) is 26.2. The van der Waals surface area contributed by atoms with Crippen molar-refractivity contribution < 1.29 is 19.1 Å². The molecule has 0 bridgehead atoms. The summed E-state index contributed by atoms with van der Waals surface area (Å²) in [6.45, 7) is 2.25. The summed E-state index contributed by atoms with van der Waals surface area (Å²) in [5.41, 5.74) is 5.06. The lowest BCUT2D eigenvalue weighted by molar-refractivity contribution is -0.118. The van der Waals surface area contributed by atoms with E-state index in [9.17, 15) is 9.59 Å². The molecule has 7 nitrogen and oxygen atoms in total. The fraction of sp³-hybridized carbons (Fsp3) is 0.417. The monoisotopic (exact) mass is 267 g/mol. The second-order valence-electron chi connectivity index (χ2n) is 3.65. The van der Waals surface area contributed by atoms with E-state index in [0.717, 1.165) is 12.8 Å². The zero-order valence-corrected chi connectivity index (χ0v) is 10.7. The lowest BCUT2D eigenvalue weighted by Gasteiger charge is -2.09. The molecule has 0 aliphatic heterocycles. The third-order valence-corrected chi connectivity index (χ3v) is 2.11. The van der Waals surface area contributed by atoms with Crippen molar-refractivity contribution in [3.8, 4) is 11.6 Å². The summed E-state index contributed by atoms with van der Waals surface area (Å²) in [5, 5.41) is 1.95. The molecule has 0 aromatic carbocycles. The molecule has 0 aliphatic carbocycles. The van der Waals surface area contributed by atoms with E-state index in [0.29, 0.717) is 12.4 Å². The number of ether oxygens (including phenoxy) is 2. The van der Waals surface area contributed by atoms with Crippen molar-refractivity contribution >= 4 is 12.0 Å². The maximum Gasteiger partial charge on any atom is 0.420 e. The lowest BCUT2D eigenvalue weighted by atomic mass is 10.3.